The molecule has 0 aliphatic rings. The van der Waals surface area contributed by atoms with Crippen molar-refractivity contribution in [1.29, 1.82) is 0 Å². The van der Waals surface area contributed by atoms with Gasteiger partial charge in [0.1, 0.15) is 6.04 Å². The number of benzene rings is 3. The number of carboxylic acid groups (broad SMARTS) is 1. The van der Waals surface area contributed by atoms with Gasteiger partial charge in [0.25, 0.3) is 0 Å². The lowest BCUT2D eigenvalue weighted by atomic mass is 10.0. The smallest absolute Gasteiger partial charge is 0.327 e. The number of aliphatic carboxylic acids is 1. The fourth-order valence-electron chi connectivity index (χ4n) is 4.29. The van der Waals surface area contributed by atoms with Crippen molar-refractivity contribution in [1.82, 2.24) is 16.2 Å². The van der Waals surface area contributed by atoms with E-state index < -0.39 is 24.0 Å². The summed E-state index contributed by atoms with van der Waals surface area (Å²) in [4.78, 5) is 49.4. The molecule has 0 aromatic heterocycles. The third kappa shape index (κ3) is 10.4. The van der Waals surface area contributed by atoms with E-state index in [9.17, 15) is 24.3 Å². The Balaban J connectivity index is 1.51. The summed E-state index contributed by atoms with van der Waals surface area (Å²) >= 11 is 0. The van der Waals surface area contributed by atoms with Crippen molar-refractivity contribution in [3.05, 3.63) is 95.6 Å². The maximum Gasteiger partial charge on any atom is 0.327 e. The Labute approximate surface area is 239 Å². The average Bonchev–Trinajstić information content (AvgIpc) is 2.91. The second kappa shape index (κ2) is 15.2. The number of nitrogens with one attached hydrogen (secondary N) is 5. The molecule has 2 atom stereocenters. The zero-order valence-corrected chi connectivity index (χ0v) is 23.4. The molecule has 216 valence electrons. The van der Waals surface area contributed by atoms with E-state index in [1.165, 1.54) is 0 Å². The minimum Gasteiger partial charge on any atom is -0.480 e. The number of rotatable bonds is 13. The average molecular weight is 560 g/mol. The summed E-state index contributed by atoms with van der Waals surface area (Å²) in [6.07, 6.45) is 0.648. The Morgan fingerprint density at radius 2 is 1.46 bits per heavy atom. The number of para-hydroxylation sites is 1. The maximum atomic E-state index is 12.8. The van der Waals surface area contributed by atoms with Gasteiger partial charge in [-0.2, -0.15) is 0 Å². The monoisotopic (exact) mass is 559 g/mol. The minimum absolute atomic E-state index is 0.0170. The number of amides is 4. The Morgan fingerprint density at radius 1 is 0.805 bits per heavy atom. The van der Waals surface area contributed by atoms with Gasteiger partial charge < -0.3 is 21.1 Å². The highest BCUT2D eigenvalue weighted by molar-refractivity contribution is 6.00. The third-order valence-electron chi connectivity index (χ3n) is 6.26. The van der Waals surface area contributed by atoms with Gasteiger partial charge in [0.2, 0.25) is 11.8 Å². The molecule has 10 heteroatoms. The number of anilines is 2. The molecule has 0 saturated carbocycles. The van der Waals surface area contributed by atoms with Crippen LogP contribution in [0.1, 0.15) is 49.4 Å². The van der Waals surface area contributed by atoms with Crippen molar-refractivity contribution in [3.63, 3.8) is 0 Å². The third-order valence-corrected chi connectivity index (χ3v) is 6.26. The molecule has 0 unspecified atom stereocenters. The van der Waals surface area contributed by atoms with E-state index >= 15 is 0 Å². The first kappa shape index (κ1) is 30.8. The van der Waals surface area contributed by atoms with Crippen LogP contribution in [0.4, 0.5) is 16.2 Å². The van der Waals surface area contributed by atoms with Crippen LogP contribution in [-0.4, -0.2) is 35.0 Å². The normalized spacial score (nSPS) is 12.2. The number of hydrazine groups is 1. The predicted octanol–water partition coefficient (Wildman–Crippen LogP) is 4.55. The van der Waals surface area contributed by atoms with Crippen LogP contribution >= 0.6 is 0 Å². The fraction of sp³-hybridized carbons (Fsp3) is 0.290. The summed E-state index contributed by atoms with van der Waals surface area (Å²) in [7, 11) is 0. The van der Waals surface area contributed by atoms with Gasteiger partial charge in [-0.25, -0.2) is 10.2 Å². The van der Waals surface area contributed by atoms with Crippen molar-refractivity contribution in [2.24, 2.45) is 5.92 Å². The number of urea groups is 1. The number of carbonyl (C=O) groups is 4. The Morgan fingerprint density at radius 3 is 2.10 bits per heavy atom. The van der Waals surface area contributed by atoms with E-state index in [4.69, 9.17) is 0 Å². The Kier molecular flexibility index (Phi) is 11.4. The standard InChI is InChI=1S/C31H37N5O5/c1-20(2)17-25(19-28(38)35-36-29(30(39)40)23-10-5-4-6-11-23)32-27(37)18-22-13-15-24(16-14-22)33-31(41)34-26-12-8-7-9-21(26)3/h4-16,20,25,29,36H,17-19H2,1-3H3,(H,32,37)(H,35,38)(H,39,40)(H2,33,34,41)/t25-,29+/m0/s1. The molecule has 0 bridgehead atoms. The van der Waals surface area contributed by atoms with Crippen molar-refractivity contribution < 1.29 is 24.3 Å². The van der Waals surface area contributed by atoms with Gasteiger partial charge in [-0.1, -0.05) is 74.5 Å². The first-order valence-corrected chi connectivity index (χ1v) is 13.4. The highest BCUT2D eigenvalue weighted by atomic mass is 16.4. The van der Waals surface area contributed by atoms with E-state index in [0.717, 1.165) is 16.8 Å². The molecule has 3 aromatic rings. The van der Waals surface area contributed by atoms with Crippen LogP contribution in [0.15, 0.2) is 78.9 Å². The molecule has 0 radical (unpaired) electrons. The van der Waals surface area contributed by atoms with E-state index in [-0.39, 0.29) is 30.7 Å². The Hall–Kier alpha value is -4.70. The van der Waals surface area contributed by atoms with Crippen LogP contribution in [0.5, 0.6) is 0 Å². The molecule has 0 aliphatic heterocycles. The molecule has 41 heavy (non-hydrogen) atoms. The Bertz CT molecular complexity index is 1330. The maximum absolute atomic E-state index is 12.8. The fourth-order valence-corrected chi connectivity index (χ4v) is 4.29. The highest BCUT2D eigenvalue weighted by Crippen LogP contribution is 2.16. The van der Waals surface area contributed by atoms with Gasteiger partial charge >= 0.3 is 12.0 Å². The molecule has 10 nitrogen and oxygen atoms in total. The highest BCUT2D eigenvalue weighted by Gasteiger charge is 2.22. The minimum atomic E-state index is -1.13. The lowest BCUT2D eigenvalue weighted by molar-refractivity contribution is -0.140. The molecule has 4 amide bonds. The second-order valence-corrected chi connectivity index (χ2v) is 10.2. The molecule has 3 aromatic carbocycles. The van der Waals surface area contributed by atoms with Gasteiger partial charge in [0.15, 0.2) is 0 Å². The summed E-state index contributed by atoms with van der Waals surface area (Å²) < 4.78 is 0. The van der Waals surface area contributed by atoms with Crippen LogP contribution in [0, 0.1) is 12.8 Å². The van der Waals surface area contributed by atoms with Gasteiger partial charge in [-0.15, -0.1) is 0 Å². The van der Waals surface area contributed by atoms with Crippen LogP contribution in [0.2, 0.25) is 0 Å². The zero-order chi connectivity index (χ0) is 29.8. The van der Waals surface area contributed by atoms with Crippen LogP contribution in [0.25, 0.3) is 0 Å². The lowest BCUT2D eigenvalue weighted by Gasteiger charge is -2.21. The quantitative estimate of drug-likeness (QED) is 0.169. The first-order chi connectivity index (χ1) is 19.6. The van der Waals surface area contributed by atoms with E-state index in [0.29, 0.717) is 17.7 Å². The summed E-state index contributed by atoms with van der Waals surface area (Å²) in [5.74, 6) is -1.59. The molecule has 0 spiro atoms. The van der Waals surface area contributed by atoms with E-state index in [2.05, 4.69) is 26.8 Å². The van der Waals surface area contributed by atoms with Gasteiger partial charge in [-0.3, -0.25) is 19.8 Å². The molecular formula is C31H37N5O5. The van der Waals surface area contributed by atoms with E-state index in [1.54, 1.807) is 54.6 Å². The predicted molar refractivity (Wildman–Crippen MR) is 158 cm³/mol. The van der Waals surface area contributed by atoms with Gasteiger partial charge in [-0.05, 0) is 54.2 Å². The molecular weight excluding hydrogens is 522 g/mol. The largest absolute Gasteiger partial charge is 0.480 e. The summed E-state index contributed by atoms with van der Waals surface area (Å²) in [6, 6.07) is 21.0. The first-order valence-electron chi connectivity index (χ1n) is 13.4. The van der Waals surface area contributed by atoms with Crippen molar-refractivity contribution in [2.45, 2.75) is 52.1 Å². The van der Waals surface area contributed by atoms with Crippen LogP contribution < -0.4 is 26.8 Å². The molecule has 3 rings (SSSR count). The second-order valence-electron chi connectivity index (χ2n) is 10.2. The number of aryl methyl sites for hydroxylation is 1. The van der Waals surface area contributed by atoms with Crippen molar-refractivity contribution in [2.75, 3.05) is 10.6 Å². The van der Waals surface area contributed by atoms with Crippen LogP contribution in [0.3, 0.4) is 0 Å². The van der Waals surface area contributed by atoms with E-state index in [1.807, 2.05) is 45.0 Å². The number of hydrogen-bond acceptors (Lipinski definition) is 5. The summed E-state index contributed by atoms with van der Waals surface area (Å²) in [5.41, 5.74) is 8.54. The number of hydrogen-bond donors (Lipinski definition) is 6. The van der Waals surface area contributed by atoms with Crippen molar-refractivity contribution >= 4 is 35.2 Å². The van der Waals surface area contributed by atoms with Gasteiger partial charge in [0, 0.05) is 23.8 Å². The zero-order valence-electron chi connectivity index (χ0n) is 23.4. The lowest BCUT2D eigenvalue weighted by Crippen LogP contribution is -2.46. The molecule has 0 saturated heterocycles. The SMILES string of the molecule is Cc1ccccc1NC(=O)Nc1ccc(CC(=O)N[C@H](CC(=O)NN[C@@H](C(=O)O)c2ccccc2)CC(C)C)cc1. The number of carbonyl (C=O) groups excluding carboxylic acids is 3. The van der Waals surface area contributed by atoms with Crippen molar-refractivity contribution in [3.8, 4) is 0 Å². The van der Waals surface area contributed by atoms with Gasteiger partial charge in [0.05, 0.1) is 6.42 Å². The molecule has 0 heterocycles. The molecule has 0 fully saturated rings. The number of carboxylic acids is 1. The molecule has 6 N–H and O–H groups in total. The molecule has 0 aliphatic carbocycles. The topological polar surface area (TPSA) is 149 Å². The van der Waals surface area contributed by atoms with Crippen LogP contribution in [-0.2, 0) is 20.8 Å². The summed E-state index contributed by atoms with van der Waals surface area (Å²) in [5, 5.41) is 18.0. The summed E-state index contributed by atoms with van der Waals surface area (Å²) in [6.45, 7) is 5.89.